The van der Waals surface area contributed by atoms with Crippen LogP contribution in [-0.4, -0.2) is 12.4 Å². The van der Waals surface area contributed by atoms with E-state index in [0.717, 1.165) is 17.5 Å². The second-order valence-electron chi connectivity index (χ2n) is 4.32. The second-order valence-corrected chi connectivity index (χ2v) is 4.97. The van der Waals surface area contributed by atoms with E-state index >= 15 is 0 Å². The minimum absolute atomic E-state index is 0.498. The van der Waals surface area contributed by atoms with Gasteiger partial charge in [0.25, 0.3) is 0 Å². The van der Waals surface area contributed by atoms with Crippen LogP contribution < -0.4 is 4.74 Å². The van der Waals surface area contributed by atoms with Gasteiger partial charge in [0.2, 0.25) is 0 Å². The molecule has 2 heteroatoms. The normalized spacial score (nSPS) is 12.1. The van der Waals surface area contributed by atoms with Crippen molar-refractivity contribution in [1.29, 1.82) is 0 Å². The van der Waals surface area contributed by atoms with Crippen molar-refractivity contribution in [3.05, 3.63) is 65.7 Å². The van der Waals surface area contributed by atoms with Gasteiger partial charge in [-0.2, -0.15) is 0 Å². The van der Waals surface area contributed by atoms with Gasteiger partial charge in [0.15, 0.2) is 0 Å². The van der Waals surface area contributed by atoms with E-state index in [-0.39, 0.29) is 0 Å². The molecule has 18 heavy (non-hydrogen) atoms. The first-order valence-electron chi connectivity index (χ1n) is 6.07. The molecule has 0 saturated carbocycles. The quantitative estimate of drug-likeness (QED) is 0.743. The number of halogens is 1. The second kappa shape index (κ2) is 6.60. The lowest BCUT2D eigenvalue weighted by Crippen LogP contribution is -2.04. The van der Waals surface area contributed by atoms with Crippen LogP contribution in [0.2, 0.25) is 0 Å². The first-order valence-corrected chi connectivity index (χ1v) is 7.19. The van der Waals surface area contributed by atoms with Crippen molar-refractivity contribution in [2.75, 3.05) is 12.4 Å². The van der Waals surface area contributed by atoms with Crippen LogP contribution >= 0.6 is 15.9 Å². The minimum atomic E-state index is 0.498. The van der Waals surface area contributed by atoms with E-state index in [4.69, 9.17) is 4.74 Å². The molecular formula is C16H17BrO. The summed E-state index contributed by atoms with van der Waals surface area (Å²) < 4.78 is 5.26. The van der Waals surface area contributed by atoms with Gasteiger partial charge in [0, 0.05) is 5.33 Å². The van der Waals surface area contributed by atoms with Crippen molar-refractivity contribution < 1.29 is 4.74 Å². The minimum Gasteiger partial charge on any atom is -0.497 e. The Morgan fingerprint density at radius 1 is 1.06 bits per heavy atom. The molecule has 0 radical (unpaired) electrons. The number of methoxy groups -OCH3 is 1. The van der Waals surface area contributed by atoms with Gasteiger partial charge in [-0.05, 0) is 35.6 Å². The summed E-state index contributed by atoms with van der Waals surface area (Å²) >= 11 is 3.61. The molecule has 1 unspecified atom stereocenters. The third-order valence-electron chi connectivity index (χ3n) is 3.07. The zero-order valence-corrected chi connectivity index (χ0v) is 12.1. The van der Waals surface area contributed by atoms with Gasteiger partial charge in [-0.25, -0.2) is 0 Å². The van der Waals surface area contributed by atoms with Gasteiger partial charge in [-0.15, -0.1) is 0 Å². The Bertz CT molecular complexity index is 481. The summed E-state index contributed by atoms with van der Waals surface area (Å²) in [5, 5.41) is 0.966. The van der Waals surface area contributed by atoms with Crippen LogP contribution in [0.25, 0.3) is 0 Å². The number of rotatable bonds is 5. The largest absolute Gasteiger partial charge is 0.497 e. The molecule has 2 aromatic rings. The van der Waals surface area contributed by atoms with E-state index in [2.05, 4.69) is 58.4 Å². The third kappa shape index (κ3) is 3.36. The summed E-state index contributed by atoms with van der Waals surface area (Å²) in [6.45, 7) is 0. The molecule has 2 aromatic carbocycles. The number of alkyl halides is 1. The van der Waals surface area contributed by atoms with E-state index in [9.17, 15) is 0 Å². The molecule has 0 N–H and O–H groups in total. The van der Waals surface area contributed by atoms with Crippen LogP contribution in [0.15, 0.2) is 54.6 Å². The molecule has 1 nitrogen and oxygen atoms in total. The van der Waals surface area contributed by atoms with Crippen LogP contribution in [0.5, 0.6) is 5.75 Å². The summed E-state index contributed by atoms with van der Waals surface area (Å²) in [7, 11) is 1.71. The molecule has 0 saturated heterocycles. The van der Waals surface area contributed by atoms with Crippen molar-refractivity contribution in [2.24, 2.45) is 0 Å². The van der Waals surface area contributed by atoms with Crippen LogP contribution in [0.3, 0.4) is 0 Å². The SMILES string of the molecule is COc1cccc(CC(CBr)c2ccccc2)c1. The summed E-state index contributed by atoms with van der Waals surface area (Å²) in [6, 6.07) is 18.9. The third-order valence-corrected chi connectivity index (χ3v) is 3.86. The first-order chi connectivity index (χ1) is 8.83. The lowest BCUT2D eigenvalue weighted by atomic mass is 9.94. The van der Waals surface area contributed by atoms with Gasteiger partial charge in [0.1, 0.15) is 5.75 Å². The molecule has 0 bridgehead atoms. The van der Waals surface area contributed by atoms with Gasteiger partial charge >= 0.3 is 0 Å². The molecule has 0 aromatic heterocycles. The summed E-state index contributed by atoms with van der Waals surface area (Å²) in [4.78, 5) is 0. The molecule has 0 fully saturated rings. The van der Waals surface area contributed by atoms with E-state index in [1.54, 1.807) is 7.11 Å². The highest BCUT2D eigenvalue weighted by Gasteiger charge is 2.10. The number of benzene rings is 2. The fraction of sp³-hybridized carbons (Fsp3) is 0.250. The molecule has 0 aliphatic heterocycles. The maximum absolute atomic E-state index is 5.26. The first kappa shape index (κ1) is 13.2. The Hall–Kier alpha value is -1.28. The smallest absolute Gasteiger partial charge is 0.119 e. The maximum atomic E-state index is 5.26. The molecule has 0 aliphatic rings. The van der Waals surface area contributed by atoms with Crippen molar-refractivity contribution in [1.82, 2.24) is 0 Å². The van der Waals surface area contributed by atoms with Crippen molar-refractivity contribution in [3.8, 4) is 5.75 Å². The average molecular weight is 305 g/mol. The lowest BCUT2D eigenvalue weighted by Gasteiger charge is -2.15. The molecule has 94 valence electrons. The van der Waals surface area contributed by atoms with E-state index in [1.807, 2.05) is 12.1 Å². The monoisotopic (exact) mass is 304 g/mol. The summed E-state index contributed by atoms with van der Waals surface area (Å²) in [6.07, 6.45) is 1.02. The van der Waals surface area contributed by atoms with Gasteiger partial charge in [-0.3, -0.25) is 0 Å². The molecule has 0 heterocycles. The Morgan fingerprint density at radius 2 is 1.83 bits per heavy atom. The van der Waals surface area contributed by atoms with E-state index in [1.165, 1.54) is 11.1 Å². The summed E-state index contributed by atoms with van der Waals surface area (Å²) in [5.74, 6) is 1.42. The Kier molecular flexibility index (Phi) is 4.82. The fourth-order valence-corrected chi connectivity index (χ4v) is 2.67. The van der Waals surface area contributed by atoms with Gasteiger partial charge in [-0.1, -0.05) is 58.4 Å². The fourth-order valence-electron chi connectivity index (χ4n) is 2.07. The summed E-state index contributed by atoms with van der Waals surface area (Å²) in [5.41, 5.74) is 2.68. The molecule has 2 rings (SSSR count). The molecule has 1 atom stereocenters. The average Bonchev–Trinajstić information content (AvgIpc) is 2.46. The topological polar surface area (TPSA) is 9.23 Å². The molecule has 0 spiro atoms. The molecule has 0 aliphatic carbocycles. The highest BCUT2D eigenvalue weighted by Crippen LogP contribution is 2.24. The highest BCUT2D eigenvalue weighted by molar-refractivity contribution is 9.09. The predicted molar refractivity (Wildman–Crippen MR) is 79.7 cm³/mol. The zero-order valence-electron chi connectivity index (χ0n) is 10.5. The maximum Gasteiger partial charge on any atom is 0.119 e. The molecule has 0 amide bonds. The number of ether oxygens (including phenoxy) is 1. The van der Waals surface area contributed by atoms with Crippen LogP contribution in [0.4, 0.5) is 0 Å². The van der Waals surface area contributed by atoms with Crippen LogP contribution in [0.1, 0.15) is 17.0 Å². The van der Waals surface area contributed by atoms with Gasteiger partial charge < -0.3 is 4.74 Å². The highest BCUT2D eigenvalue weighted by atomic mass is 79.9. The Labute approximate surface area is 117 Å². The Morgan fingerprint density at radius 3 is 2.50 bits per heavy atom. The van der Waals surface area contributed by atoms with E-state index < -0.39 is 0 Å². The van der Waals surface area contributed by atoms with Gasteiger partial charge in [0.05, 0.1) is 7.11 Å². The molecular weight excluding hydrogens is 288 g/mol. The van der Waals surface area contributed by atoms with E-state index in [0.29, 0.717) is 5.92 Å². The number of hydrogen-bond acceptors (Lipinski definition) is 1. The number of hydrogen-bond donors (Lipinski definition) is 0. The predicted octanol–water partition coefficient (Wildman–Crippen LogP) is 4.42. The Balaban J connectivity index is 2.15. The van der Waals surface area contributed by atoms with Crippen LogP contribution in [0, 0.1) is 0 Å². The van der Waals surface area contributed by atoms with Crippen molar-refractivity contribution in [3.63, 3.8) is 0 Å². The van der Waals surface area contributed by atoms with Crippen molar-refractivity contribution >= 4 is 15.9 Å². The van der Waals surface area contributed by atoms with Crippen molar-refractivity contribution in [2.45, 2.75) is 12.3 Å². The standard InChI is InChI=1S/C16H17BrO/c1-18-16-9-5-6-13(11-16)10-15(12-17)14-7-3-2-4-8-14/h2-9,11,15H,10,12H2,1H3. The zero-order chi connectivity index (χ0) is 12.8. The lowest BCUT2D eigenvalue weighted by molar-refractivity contribution is 0.414. The van der Waals surface area contributed by atoms with Crippen LogP contribution in [-0.2, 0) is 6.42 Å².